The predicted molar refractivity (Wildman–Crippen MR) is 88.6 cm³/mol. The lowest BCUT2D eigenvalue weighted by Gasteiger charge is -2.10. The molecule has 0 atom stereocenters. The van der Waals surface area contributed by atoms with Crippen LogP contribution in [-0.2, 0) is 17.6 Å². The largest absolute Gasteiger partial charge is 0.506 e. The fraction of sp³-hybridized carbons (Fsp3) is 0.158. The van der Waals surface area contributed by atoms with Crippen molar-refractivity contribution in [2.75, 3.05) is 7.11 Å². The SMILES string of the molecule is COC(=O)c1cc(CCc2ccccc2)c2cccc(O)c2n1. The van der Waals surface area contributed by atoms with Crippen molar-refractivity contribution in [3.05, 3.63) is 71.4 Å². The van der Waals surface area contributed by atoms with Crippen LogP contribution in [0.5, 0.6) is 5.75 Å². The summed E-state index contributed by atoms with van der Waals surface area (Å²) in [6.45, 7) is 0. The van der Waals surface area contributed by atoms with Crippen molar-refractivity contribution in [1.82, 2.24) is 4.98 Å². The summed E-state index contributed by atoms with van der Waals surface area (Å²) in [6.07, 6.45) is 1.59. The molecule has 1 N–H and O–H groups in total. The number of rotatable bonds is 4. The molecule has 0 unspecified atom stereocenters. The van der Waals surface area contributed by atoms with Crippen molar-refractivity contribution in [1.29, 1.82) is 0 Å². The minimum Gasteiger partial charge on any atom is -0.506 e. The summed E-state index contributed by atoms with van der Waals surface area (Å²) < 4.78 is 4.76. The Balaban J connectivity index is 2.03. The van der Waals surface area contributed by atoms with Gasteiger partial charge in [-0.05, 0) is 36.1 Å². The third-order valence-corrected chi connectivity index (χ3v) is 3.82. The van der Waals surface area contributed by atoms with Gasteiger partial charge >= 0.3 is 5.97 Å². The van der Waals surface area contributed by atoms with Crippen LogP contribution >= 0.6 is 0 Å². The van der Waals surface area contributed by atoms with Crippen LogP contribution in [0, 0.1) is 0 Å². The lowest BCUT2D eigenvalue weighted by Crippen LogP contribution is -2.06. The zero-order valence-electron chi connectivity index (χ0n) is 12.8. The summed E-state index contributed by atoms with van der Waals surface area (Å²) in [5, 5.41) is 10.9. The number of aromatic nitrogens is 1. The van der Waals surface area contributed by atoms with Gasteiger partial charge in [0, 0.05) is 5.39 Å². The number of hydrogen-bond donors (Lipinski definition) is 1. The maximum Gasteiger partial charge on any atom is 0.356 e. The molecule has 3 aromatic rings. The number of aromatic hydroxyl groups is 1. The maximum absolute atomic E-state index is 11.8. The van der Waals surface area contributed by atoms with Crippen LogP contribution < -0.4 is 0 Å². The van der Waals surface area contributed by atoms with Crippen LogP contribution in [0.25, 0.3) is 10.9 Å². The fourth-order valence-electron chi connectivity index (χ4n) is 2.64. The minimum atomic E-state index is -0.504. The Labute approximate surface area is 134 Å². The molecule has 4 nitrogen and oxygen atoms in total. The quantitative estimate of drug-likeness (QED) is 0.749. The Morgan fingerprint density at radius 2 is 1.87 bits per heavy atom. The third kappa shape index (κ3) is 3.16. The Morgan fingerprint density at radius 3 is 2.61 bits per heavy atom. The molecule has 3 rings (SSSR count). The second kappa shape index (κ2) is 6.48. The Hall–Kier alpha value is -2.88. The van der Waals surface area contributed by atoms with Crippen molar-refractivity contribution in [2.24, 2.45) is 0 Å². The molecule has 0 aliphatic rings. The lowest BCUT2D eigenvalue weighted by atomic mass is 10.00. The molecule has 0 amide bonds. The number of fused-ring (bicyclic) bond motifs is 1. The van der Waals surface area contributed by atoms with Crippen LogP contribution in [0.2, 0.25) is 0 Å². The molecule has 23 heavy (non-hydrogen) atoms. The van der Waals surface area contributed by atoms with E-state index in [9.17, 15) is 9.90 Å². The Morgan fingerprint density at radius 1 is 1.09 bits per heavy atom. The number of phenolic OH excluding ortho intramolecular Hbond substituents is 1. The van der Waals surface area contributed by atoms with Gasteiger partial charge in [-0.1, -0.05) is 42.5 Å². The lowest BCUT2D eigenvalue weighted by molar-refractivity contribution is 0.0594. The summed E-state index contributed by atoms with van der Waals surface area (Å²) in [6, 6.07) is 17.1. The number of aryl methyl sites for hydroxylation is 2. The normalized spacial score (nSPS) is 10.7. The van der Waals surface area contributed by atoms with Crippen molar-refractivity contribution in [3.8, 4) is 5.75 Å². The van der Waals surface area contributed by atoms with E-state index < -0.39 is 5.97 Å². The molecule has 1 aromatic heterocycles. The van der Waals surface area contributed by atoms with E-state index in [1.54, 1.807) is 18.2 Å². The van der Waals surface area contributed by atoms with E-state index in [1.165, 1.54) is 12.7 Å². The Bertz CT molecular complexity index is 844. The number of phenols is 1. The molecule has 0 saturated heterocycles. The molecule has 1 heterocycles. The van der Waals surface area contributed by atoms with Gasteiger partial charge in [-0.3, -0.25) is 0 Å². The molecule has 0 radical (unpaired) electrons. The zero-order valence-corrected chi connectivity index (χ0v) is 12.8. The summed E-state index contributed by atoms with van der Waals surface area (Å²) in [5.74, 6) is -0.440. The maximum atomic E-state index is 11.8. The van der Waals surface area contributed by atoms with Gasteiger partial charge < -0.3 is 9.84 Å². The Kier molecular flexibility index (Phi) is 4.24. The highest BCUT2D eigenvalue weighted by atomic mass is 16.5. The molecule has 4 heteroatoms. The number of nitrogens with zero attached hydrogens (tertiary/aromatic N) is 1. The van der Waals surface area contributed by atoms with Crippen LogP contribution in [-0.4, -0.2) is 23.2 Å². The number of methoxy groups -OCH3 is 1. The number of esters is 1. The molecule has 0 fully saturated rings. The van der Waals surface area contributed by atoms with E-state index in [0.29, 0.717) is 5.52 Å². The van der Waals surface area contributed by atoms with Gasteiger partial charge in [-0.25, -0.2) is 9.78 Å². The first-order valence-electron chi connectivity index (χ1n) is 7.43. The van der Waals surface area contributed by atoms with Crippen molar-refractivity contribution in [3.63, 3.8) is 0 Å². The molecular formula is C19H17NO3. The van der Waals surface area contributed by atoms with E-state index in [-0.39, 0.29) is 11.4 Å². The standard InChI is InChI=1S/C19H17NO3/c1-23-19(22)16-12-14(11-10-13-6-3-2-4-7-13)15-8-5-9-17(21)18(15)20-16/h2-9,12,21H,10-11H2,1H3. The van der Waals surface area contributed by atoms with Gasteiger partial charge in [0.05, 0.1) is 7.11 Å². The number of pyridine rings is 1. The van der Waals surface area contributed by atoms with Crippen LogP contribution in [0.15, 0.2) is 54.6 Å². The topological polar surface area (TPSA) is 59.4 Å². The van der Waals surface area contributed by atoms with Crippen molar-refractivity contribution in [2.45, 2.75) is 12.8 Å². The van der Waals surface area contributed by atoms with Crippen LogP contribution in [0.1, 0.15) is 21.6 Å². The average molecular weight is 307 g/mol. The number of carbonyl (C=O) groups excluding carboxylic acids is 1. The summed E-state index contributed by atoms with van der Waals surface area (Å²) in [4.78, 5) is 16.1. The van der Waals surface area contributed by atoms with Gasteiger partial charge in [0.15, 0.2) is 0 Å². The first-order chi connectivity index (χ1) is 11.2. The highest BCUT2D eigenvalue weighted by molar-refractivity contribution is 5.94. The number of para-hydroxylation sites is 1. The highest BCUT2D eigenvalue weighted by Gasteiger charge is 2.14. The second-order valence-electron chi connectivity index (χ2n) is 5.32. The summed E-state index contributed by atoms with van der Waals surface area (Å²) in [5.41, 5.74) is 2.83. The minimum absolute atomic E-state index is 0.0641. The van der Waals surface area contributed by atoms with E-state index in [4.69, 9.17) is 4.74 Å². The van der Waals surface area contributed by atoms with Gasteiger partial charge in [0.1, 0.15) is 17.0 Å². The smallest absolute Gasteiger partial charge is 0.356 e. The average Bonchev–Trinajstić information content (AvgIpc) is 2.60. The van der Waals surface area contributed by atoms with Gasteiger partial charge in [0.25, 0.3) is 0 Å². The zero-order chi connectivity index (χ0) is 16.2. The van der Waals surface area contributed by atoms with Gasteiger partial charge in [0.2, 0.25) is 0 Å². The number of hydrogen-bond acceptors (Lipinski definition) is 4. The fourth-order valence-corrected chi connectivity index (χ4v) is 2.64. The van der Waals surface area contributed by atoms with Gasteiger partial charge in [-0.2, -0.15) is 0 Å². The third-order valence-electron chi connectivity index (χ3n) is 3.82. The van der Waals surface area contributed by atoms with E-state index in [2.05, 4.69) is 17.1 Å². The summed E-state index contributed by atoms with van der Waals surface area (Å²) >= 11 is 0. The number of benzene rings is 2. The van der Waals surface area contributed by atoms with Gasteiger partial charge in [-0.15, -0.1) is 0 Å². The number of carbonyl (C=O) groups is 1. The molecule has 0 aliphatic heterocycles. The molecule has 0 bridgehead atoms. The molecule has 0 spiro atoms. The summed E-state index contributed by atoms with van der Waals surface area (Å²) in [7, 11) is 1.32. The predicted octanol–water partition coefficient (Wildman–Crippen LogP) is 3.51. The molecule has 0 saturated carbocycles. The highest BCUT2D eigenvalue weighted by Crippen LogP contribution is 2.27. The van der Waals surface area contributed by atoms with E-state index in [1.807, 2.05) is 24.3 Å². The van der Waals surface area contributed by atoms with E-state index in [0.717, 1.165) is 23.8 Å². The van der Waals surface area contributed by atoms with E-state index >= 15 is 0 Å². The van der Waals surface area contributed by atoms with Crippen LogP contribution in [0.3, 0.4) is 0 Å². The molecule has 116 valence electrons. The number of ether oxygens (including phenoxy) is 1. The molecule has 2 aromatic carbocycles. The first kappa shape index (κ1) is 15.0. The van der Waals surface area contributed by atoms with Crippen molar-refractivity contribution >= 4 is 16.9 Å². The first-order valence-corrected chi connectivity index (χ1v) is 7.43. The second-order valence-corrected chi connectivity index (χ2v) is 5.32. The van der Waals surface area contributed by atoms with Crippen LogP contribution in [0.4, 0.5) is 0 Å². The molecule has 0 aliphatic carbocycles. The van der Waals surface area contributed by atoms with Crippen molar-refractivity contribution < 1.29 is 14.6 Å². The molecular weight excluding hydrogens is 290 g/mol. The monoisotopic (exact) mass is 307 g/mol.